The van der Waals surface area contributed by atoms with Gasteiger partial charge in [0.2, 0.25) is 5.69 Å². The zero-order valence-electron chi connectivity index (χ0n) is 9.13. The van der Waals surface area contributed by atoms with E-state index in [2.05, 4.69) is 9.83 Å². The predicted molar refractivity (Wildman–Crippen MR) is 59.9 cm³/mol. The molecule has 1 aromatic carbocycles. The zero-order valence-corrected chi connectivity index (χ0v) is 9.13. The molecule has 0 aliphatic carbocycles. The summed E-state index contributed by atoms with van der Waals surface area (Å²) < 4.78 is 15.1. The molecular weight excluding hydrogens is 221 g/mol. The van der Waals surface area contributed by atoms with Gasteiger partial charge in [-0.25, -0.2) is 14.2 Å². The van der Waals surface area contributed by atoms with Crippen LogP contribution in [0.25, 0.3) is 4.85 Å². The van der Waals surface area contributed by atoms with Crippen LogP contribution in [0.4, 0.5) is 10.1 Å². The van der Waals surface area contributed by atoms with Crippen LogP contribution >= 0.6 is 0 Å². The molecule has 0 bridgehead atoms. The molecule has 1 N–H and O–H groups in total. The number of aliphatic hydroxyl groups excluding tert-OH is 1. The van der Waals surface area contributed by atoms with Gasteiger partial charge in [0.25, 0.3) is 0 Å². The lowest BCUT2D eigenvalue weighted by Gasteiger charge is -2.08. The maximum Gasteiger partial charge on any atom is 0.222 e. The minimum absolute atomic E-state index is 0.0537. The highest BCUT2D eigenvalue weighted by molar-refractivity contribution is 5.48. The Balaban J connectivity index is 2.35. The van der Waals surface area contributed by atoms with Crippen molar-refractivity contribution >= 4 is 5.69 Å². The average molecular weight is 231 g/mol. The second-order valence-electron chi connectivity index (χ2n) is 3.69. The number of aromatic nitrogens is 2. The number of nitrogens with zero attached hydrogens (tertiary/aromatic N) is 3. The summed E-state index contributed by atoms with van der Waals surface area (Å²) in [6, 6.07) is 4.03. The molecule has 0 radical (unpaired) electrons. The van der Waals surface area contributed by atoms with Crippen LogP contribution in [0, 0.1) is 12.4 Å². The monoisotopic (exact) mass is 231 g/mol. The lowest BCUT2D eigenvalue weighted by molar-refractivity contribution is 0.215. The first-order valence-corrected chi connectivity index (χ1v) is 4.94. The molecule has 2 aromatic rings. The Morgan fingerprint density at radius 2 is 2.29 bits per heavy atom. The van der Waals surface area contributed by atoms with Crippen molar-refractivity contribution in [3.05, 3.63) is 59.2 Å². The first-order valence-electron chi connectivity index (χ1n) is 4.94. The molecule has 4 nitrogen and oxygen atoms in total. The van der Waals surface area contributed by atoms with Gasteiger partial charge in [-0.2, -0.15) is 0 Å². The Kier molecular flexibility index (Phi) is 2.90. The molecule has 1 unspecified atom stereocenters. The molecule has 0 aliphatic rings. The summed E-state index contributed by atoms with van der Waals surface area (Å²) in [5, 5.41) is 9.97. The third kappa shape index (κ3) is 2.17. The summed E-state index contributed by atoms with van der Waals surface area (Å²) in [6.45, 7) is 6.74. The quantitative estimate of drug-likeness (QED) is 0.805. The summed E-state index contributed by atoms with van der Waals surface area (Å²) in [5.74, 6) is -0.632. The van der Waals surface area contributed by atoms with Gasteiger partial charge in [0.1, 0.15) is 11.9 Å². The Morgan fingerprint density at radius 1 is 1.53 bits per heavy atom. The normalized spacial score (nSPS) is 12.1. The molecule has 0 amide bonds. The number of aliphatic hydroxyl groups is 1. The van der Waals surface area contributed by atoms with Gasteiger partial charge >= 0.3 is 0 Å². The van der Waals surface area contributed by atoms with Crippen molar-refractivity contribution in [3.63, 3.8) is 0 Å². The molecule has 0 aliphatic heterocycles. The van der Waals surface area contributed by atoms with Crippen molar-refractivity contribution in [2.24, 2.45) is 7.05 Å². The molecule has 17 heavy (non-hydrogen) atoms. The molecule has 0 saturated heterocycles. The smallest absolute Gasteiger partial charge is 0.222 e. The third-order valence-electron chi connectivity index (χ3n) is 2.41. The number of halogens is 1. The van der Waals surface area contributed by atoms with Crippen LogP contribution in [0.3, 0.4) is 0 Å². The van der Waals surface area contributed by atoms with Crippen LogP contribution < -0.4 is 0 Å². The van der Waals surface area contributed by atoms with Crippen molar-refractivity contribution < 1.29 is 9.50 Å². The van der Waals surface area contributed by atoms with Crippen LogP contribution in [0.15, 0.2) is 30.7 Å². The van der Waals surface area contributed by atoms with Crippen LogP contribution in [0.1, 0.15) is 17.4 Å². The molecule has 1 aromatic heterocycles. The standard InChI is InChI=1S/C12H10FN3O/c1-14-10-4-3-8(5-9(10)13)12(17)11-6-16(2)7-15-11/h3-7,12,17H,2H3. The van der Waals surface area contributed by atoms with Crippen LogP contribution in [-0.2, 0) is 7.05 Å². The molecule has 5 heteroatoms. The molecule has 1 heterocycles. The molecule has 86 valence electrons. The third-order valence-corrected chi connectivity index (χ3v) is 2.41. The number of hydrogen-bond donors (Lipinski definition) is 1. The summed E-state index contributed by atoms with van der Waals surface area (Å²) in [5.41, 5.74) is 0.776. The van der Waals surface area contributed by atoms with Gasteiger partial charge in [-0.15, -0.1) is 0 Å². The maximum absolute atomic E-state index is 13.4. The Morgan fingerprint density at radius 3 is 2.82 bits per heavy atom. The zero-order chi connectivity index (χ0) is 12.4. The maximum atomic E-state index is 13.4. The second-order valence-corrected chi connectivity index (χ2v) is 3.69. The lowest BCUT2D eigenvalue weighted by atomic mass is 10.1. The van der Waals surface area contributed by atoms with Crippen LogP contribution in [-0.4, -0.2) is 14.7 Å². The minimum atomic E-state index is -0.981. The summed E-state index contributed by atoms with van der Waals surface area (Å²) >= 11 is 0. The molecular formula is C12H10FN3O. The van der Waals surface area contributed by atoms with Gasteiger partial charge in [0, 0.05) is 13.2 Å². The van der Waals surface area contributed by atoms with E-state index < -0.39 is 11.9 Å². The second kappa shape index (κ2) is 4.36. The Bertz CT molecular complexity index is 586. The van der Waals surface area contributed by atoms with E-state index in [1.807, 2.05) is 0 Å². The van der Waals surface area contributed by atoms with Gasteiger partial charge < -0.3 is 9.67 Å². The molecule has 0 spiro atoms. The van der Waals surface area contributed by atoms with E-state index in [0.29, 0.717) is 11.3 Å². The van der Waals surface area contributed by atoms with Gasteiger partial charge in [-0.05, 0) is 11.6 Å². The Labute approximate surface area is 97.8 Å². The fourth-order valence-electron chi connectivity index (χ4n) is 1.53. The average Bonchev–Trinajstić information content (AvgIpc) is 2.75. The highest BCUT2D eigenvalue weighted by Crippen LogP contribution is 2.25. The lowest BCUT2D eigenvalue weighted by Crippen LogP contribution is -2.00. The topological polar surface area (TPSA) is 42.4 Å². The van der Waals surface area contributed by atoms with Crippen molar-refractivity contribution in [2.75, 3.05) is 0 Å². The van der Waals surface area contributed by atoms with E-state index in [0.717, 1.165) is 6.07 Å². The largest absolute Gasteiger partial charge is 0.382 e. The fraction of sp³-hybridized carbons (Fsp3) is 0.167. The van der Waals surface area contributed by atoms with Gasteiger partial charge in [-0.1, -0.05) is 12.1 Å². The molecule has 1 atom stereocenters. The highest BCUT2D eigenvalue weighted by atomic mass is 19.1. The number of rotatable bonds is 2. The van der Waals surface area contributed by atoms with Crippen LogP contribution in [0.2, 0.25) is 0 Å². The van der Waals surface area contributed by atoms with E-state index in [-0.39, 0.29) is 5.69 Å². The summed E-state index contributed by atoms with van der Waals surface area (Å²) in [7, 11) is 1.78. The van der Waals surface area contributed by atoms with Gasteiger partial charge in [0.15, 0.2) is 0 Å². The number of benzene rings is 1. The van der Waals surface area contributed by atoms with Crippen molar-refractivity contribution in [1.29, 1.82) is 0 Å². The predicted octanol–water partition coefficient (Wildman–Crippen LogP) is 2.19. The van der Waals surface area contributed by atoms with E-state index >= 15 is 0 Å². The van der Waals surface area contributed by atoms with Gasteiger partial charge in [-0.3, -0.25) is 0 Å². The van der Waals surface area contributed by atoms with Crippen molar-refractivity contribution in [1.82, 2.24) is 9.55 Å². The van der Waals surface area contributed by atoms with E-state index in [4.69, 9.17) is 6.57 Å². The number of imidazole rings is 1. The molecule has 2 rings (SSSR count). The van der Waals surface area contributed by atoms with E-state index in [9.17, 15) is 9.50 Å². The van der Waals surface area contributed by atoms with Gasteiger partial charge in [0.05, 0.1) is 18.6 Å². The number of aryl methyl sites for hydroxylation is 1. The van der Waals surface area contributed by atoms with Crippen molar-refractivity contribution in [2.45, 2.75) is 6.10 Å². The first-order chi connectivity index (χ1) is 8.11. The summed E-state index contributed by atoms with van der Waals surface area (Å²) in [4.78, 5) is 7.02. The minimum Gasteiger partial charge on any atom is -0.382 e. The first kappa shape index (κ1) is 11.3. The summed E-state index contributed by atoms with van der Waals surface area (Å²) in [6.07, 6.45) is 2.23. The number of hydrogen-bond acceptors (Lipinski definition) is 2. The molecule has 0 saturated carbocycles. The van der Waals surface area contributed by atoms with Crippen LogP contribution in [0.5, 0.6) is 0 Å². The Hall–Kier alpha value is -2.19. The fourth-order valence-corrected chi connectivity index (χ4v) is 1.53. The molecule has 0 fully saturated rings. The van der Waals surface area contributed by atoms with Crippen molar-refractivity contribution in [3.8, 4) is 0 Å². The van der Waals surface area contributed by atoms with E-state index in [1.165, 1.54) is 12.1 Å². The van der Waals surface area contributed by atoms with E-state index in [1.54, 1.807) is 24.1 Å². The SMILES string of the molecule is [C-]#[N+]c1ccc(C(O)c2cn(C)cn2)cc1F. The highest BCUT2D eigenvalue weighted by Gasteiger charge is 2.14.